The van der Waals surface area contributed by atoms with Crippen molar-refractivity contribution in [1.82, 2.24) is 4.90 Å². The van der Waals surface area contributed by atoms with Crippen molar-refractivity contribution >= 4 is 6.09 Å². The van der Waals surface area contributed by atoms with Crippen molar-refractivity contribution in [2.24, 2.45) is 11.3 Å². The van der Waals surface area contributed by atoms with Crippen LogP contribution in [-0.2, 0) is 4.74 Å². The number of piperidine rings is 1. The zero-order chi connectivity index (χ0) is 13.4. The Kier molecular flexibility index (Phi) is 3.27. The van der Waals surface area contributed by atoms with Crippen molar-refractivity contribution in [3.8, 4) is 6.07 Å². The molecule has 0 unspecified atom stereocenters. The molecule has 0 N–H and O–H groups in total. The molecule has 0 radical (unpaired) electrons. The molecular formula is C14H22N2O2. The van der Waals surface area contributed by atoms with E-state index in [1.165, 1.54) is 12.8 Å². The number of hydrogen-bond acceptors (Lipinski definition) is 3. The van der Waals surface area contributed by atoms with E-state index in [-0.39, 0.29) is 11.5 Å². The number of nitriles is 1. The molecule has 1 aliphatic heterocycles. The summed E-state index contributed by atoms with van der Waals surface area (Å²) in [5, 5.41) is 9.38. The number of amides is 1. The molecule has 100 valence electrons. The lowest BCUT2D eigenvalue weighted by Gasteiger charge is -2.38. The van der Waals surface area contributed by atoms with E-state index in [1.54, 1.807) is 4.90 Å². The van der Waals surface area contributed by atoms with Gasteiger partial charge in [0.2, 0.25) is 0 Å². The Morgan fingerprint density at radius 1 is 1.33 bits per heavy atom. The number of rotatable bonds is 1. The first-order valence-electron chi connectivity index (χ1n) is 6.75. The van der Waals surface area contributed by atoms with Gasteiger partial charge >= 0.3 is 6.09 Å². The van der Waals surface area contributed by atoms with Crippen LogP contribution in [0.25, 0.3) is 0 Å². The molecule has 1 aliphatic carbocycles. The van der Waals surface area contributed by atoms with Gasteiger partial charge in [0.05, 0.1) is 11.5 Å². The molecule has 0 atom stereocenters. The van der Waals surface area contributed by atoms with E-state index < -0.39 is 5.60 Å². The summed E-state index contributed by atoms with van der Waals surface area (Å²) in [5.41, 5.74) is -0.615. The molecule has 4 nitrogen and oxygen atoms in total. The highest BCUT2D eigenvalue weighted by molar-refractivity contribution is 5.68. The molecule has 2 rings (SSSR count). The molecule has 18 heavy (non-hydrogen) atoms. The molecule has 2 aliphatic rings. The zero-order valence-corrected chi connectivity index (χ0v) is 11.5. The standard InChI is InChI=1S/C14H22N2O2/c1-13(2,3)18-12(17)16-8-6-14(10-15,7-9-16)11-4-5-11/h11H,4-9H2,1-3H3. The Hall–Kier alpha value is -1.24. The molecule has 0 spiro atoms. The fourth-order valence-electron chi connectivity index (χ4n) is 2.66. The average Bonchev–Trinajstić information content (AvgIpc) is 3.11. The lowest BCUT2D eigenvalue weighted by Crippen LogP contribution is -2.45. The van der Waals surface area contributed by atoms with E-state index >= 15 is 0 Å². The van der Waals surface area contributed by atoms with Crippen LogP contribution in [0.2, 0.25) is 0 Å². The van der Waals surface area contributed by atoms with Gasteiger partial charge in [0, 0.05) is 13.1 Å². The Morgan fingerprint density at radius 2 is 1.89 bits per heavy atom. The van der Waals surface area contributed by atoms with Gasteiger partial charge in [-0.1, -0.05) is 0 Å². The second-order valence-electron chi connectivity index (χ2n) is 6.51. The Labute approximate surface area is 109 Å². The number of carbonyl (C=O) groups is 1. The normalized spacial score (nSPS) is 23.3. The highest BCUT2D eigenvalue weighted by atomic mass is 16.6. The minimum Gasteiger partial charge on any atom is -0.444 e. The third kappa shape index (κ3) is 2.77. The van der Waals surface area contributed by atoms with E-state index in [0.717, 1.165) is 12.8 Å². The van der Waals surface area contributed by atoms with Gasteiger partial charge in [0.15, 0.2) is 0 Å². The van der Waals surface area contributed by atoms with Crippen molar-refractivity contribution in [3.05, 3.63) is 0 Å². The molecule has 0 aromatic heterocycles. The van der Waals surface area contributed by atoms with Crippen LogP contribution in [-0.4, -0.2) is 29.7 Å². The van der Waals surface area contributed by atoms with Crippen molar-refractivity contribution in [1.29, 1.82) is 5.26 Å². The lowest BCUT2D eigenvalue weighted by molar-refractivity contribution is 0.0132. The van der Waals surface area contributed by atoms with Crippen LogP contribution in [0.15, 0.2) is 0 Å². The number of nitrogens with zero attached hydrogens (tertiary/aromatic N) is 2. The molecule has 4 heteroatoms. The molecule has 1 saturated heterocycles. The van der Waals surface area contributed by atoms with E-state index in [4.69, 9.17) is 4.74 Å². The van der Waals surface area contributed by atoms with Gasteiger partial charge in [-0.25, -0.2) is 4.79 Å². The summed E-state index contributed by atoms with van der Waals surface area (Å²) in [6.07, 6.45) is 3.71. The maximum Gasteiger partial charge on any atom is 0.410 e. The summed E-state index contributed by atoms with van der Waals surface area (Å²) in [6.45, 7) is 6.92. The molecule has 2 fully saturated rings. The summed E-state index contributed by atoms with van der Waals surface area (Å²) in [6, 6.07) is 2.51. The van der Waals surface area contributed by atoms with Crippen molar-refractivity contribution < 1.29 is 9.53 Å². The van der Waals surface area contributed by atoms with Gasteiger partial charge in [-0.2, -0.15) is 5.26 Å². The minimum atomic E-state index is -0.447. The van der Waals surface area contributed by atoms with E-state index in [2.05, 4.69) is 6.07 Å². The van der Waals surface area contributed by atoms with Gasteiger partial charge in [-0.05, 0) is 52.4 Å². The van der Waals surface area contributed by atoms with E-state index in [1.807, 2.05) is 20.8 Å². The number of likely N-dealkylation sites (tertiary alicyclic amines) is 1. The maximum atomic E-state index is 11.9. The Morgan fingerprint density at radius 3 is 2.28 bits per heavy atom. The number of carbonyl (C=O) groups excluding carboxylic acids is 1. The van der Waals surface area contributed by atoms with Gasteiger partial charge < -0.3 is 9.64 Å². The molecule has 0 bridgehead atoms. The monoisotopic (exact) mass is 250 g/mol. The van der Waals surface area contributed by atoms with Gasteiger partial charge in [-0.15, -0.1) is 0 Å². The summed E-state index contributed by atoms with van der Waals surface area (Å²) >= 11 is 0. The summed E-state index contributed by atoms with van der Waals surface area (Å²) in [5.74, 6) is 0.572. The van der Waals surface area contributed by atoms with E-state index in [0.29, 0.717) is 19.0 Å². The Balaban J connectivity index is 1.90. The second-order valence-corrected chi connectivity index (χ2v) is 6.51. The third-order valence-corrected chi connectivity index (χ3v) is 3.89. The van der Waals surface area contributed by atoms with Crippen LogP contribution in [0.5, 0.6) is 0 Å². The first-order valence-corrected chi connectivity index (χ1v) is 6.75. The fourth-order valence-corrected chi connectivity index (χ4v) is 2.66. The van der Waals surface area contributed by atoms with Crippen molar-refractivity contribution in [2.45, 2.75) is 52.1 Å². The molecule has 0 aromatic rings. The van der Waals surface area contributed by atoms with Gasteiger partial charge in [0.25, 0.3) is 0 Å². The highest BCUT2D eigenvalue weighted by Gasteiger charge is 2.48. The summed E-state index contributed by atoms with van der Waals surface area (Å²) in [7, 11) is 0. The average molecular weight is 250 g/mol. The predicted molar refractivity (Wildman–Crippen MR) is 67.8 cm³/mol. The third-order valence-electron chi connectivity index (χ3n) is 3.89. The first kappa shape index (κ1) is 13.2. The SMILES string of the molecule is CC(C)(C)OC(=O)N1CCC(C#N)(C2CC2)CC1. The molecule has 1 amide bonds. The molecule has 0 aromatic carbocycles. The van der Waals surface area contributed by atoms with E-state index in [9.17, 15) is 10.1 Å². The minimum absolute atomic E-state index is 0.168. The number of ether oxygens (including phenoxy) is 1. The highest BCUT2D eigenvalue weighted by Crippen LogP contribution is 2.51. The van der Waals surface area contributed by atoms with Crippen LogP contribution in [0.1, 0.15) is 46.5 Å². The first-order chi connectivity index (χ1) is 8.36. The van der Waals surface area contributed by atoms with Crippen LogP contribution in [0.4, 0.5) is 4.79 Å². The van der Waals surface area contributed by atoms with Crippen molar-refractivity contribution in [3.63, 3.8) is 0 Å². The topological polar surface area (TPSA) is 53.3 Å². The van der Waals surface area contributed by atoms with Crippen LogP contribution >= 0.6 is 0 Å². The number of hydrogen-bond donors (Lipinski definition) is 0. The Bertz CT molecular complexity index is 366. The second kappa shape index (κ2) is 4.46. The lowest BCUT2D eigenvalue weighted by atomic mass is 9.75. The fraction of sp³-hybridized carbons (Fsp3) is 0.857. The van der Waals surface area contributed by atoms with Crippen LogP contribution < -0.4 is 0 Å². The van der Waals surface area contributed by atoms with Crippen molar-refractivity contribution in [2.75, 3.05) is 13.1 Å². The van der Waals surface area contributed by atoms with Crippen LogP contribution in [0.3, 0.4) is 0 Å². The quantitative estimate of drug-likeness (QED) is 0.719. The molecule has 1 saturated carbocycles. The smallest absolute Gasteiger partial charge is 0.410 e. The predicted octanol–water partition coefficient (Wildman–Crippen LogP) is 2.94. The van der Waals surface area contributed by atoms with Crippen LogP contribution in [0, 0.1) is 22.7 Å². The zero-order valence-electron chi connectivity index (χ0n) is 11.5. The van der Waals surface area contributed by atoms with Gasteiger partial charge in [-0.3, -0.25) is 0 Å². The summed E-state index contributed by atoms with van der Waals surface area (Å²) in [4.78, 5) is 13.7. The maximum absolute atomic E-state index is 11.9. The summed E-state index contributed by atoms with van der Waals surface area (Å²) < 4.78 is 5.36. The molecule has 1 heterocycles. The van der Waals surface area contributed by atoms with Gasteiger partial charge in [0.1, 0.15) is 5.60 Å². The largest absolute Gasteiger partial charge is 0.444 e. The molecular weight excluding hydrogens is 228 g/mol.